The summed E-state index contributed by atoms with van der Waals surface area (Å²) >= 11 is 0. The van der Waals surface area contributed by atoms with Gasteiger partial charge >= 0.3 is 0 Å². The van der Waals surface area contributed by atoms with Gasteiger partial charge in [-0.25, -0.2) is 0 Å². The number of hydrogen-bond donors (Lipinski definition) is 5. The summed E-state index contributed by atoms with van der Waals surface area (Å²) in [4.78, 5) is 0. The van der Waals surface area contributed by atoms with Crippen LogP contribution in [-0.4, -0.2) is 101 Å². The summed E-state index contributed by atoms with van der Waals surface area (Å²) in [7, 11) is 0. The Bertz CT molecular complexity index is 151. The van der Waals surface area contributed by atoms with Gasteiger partial charge in [-0.3, -0.25) is 0 Å². The molecule has 1 aliphatic rings. The predicted octanol–water partition coefficient (Wildman–Crippen LogP) is -3.60. The molecule has 1 fully saturated rings. The number of rotatable bonds is 1. The summed E-state index contributed by atoms with van der Waals surface area (Å²) in [6.45, 7) is -0.526. The minimum absolute atomic E-state index is 0. The molecule has 1 rings (SSSR count). The fraction of sp³-hybridized carbons (Fsp3) is 1.00. The van der Waals surface area contributed by atoms with E-state index >= 15 is 0 Å². The van der Waals surface area contributed by atoms with Gasteiger partial charge in [0.25, 0.3) is 0 Å². The second-order valence-corrected chi connectivity index (χ2v) is 2.72. The molecular weight excluding hydrogens is 208 g/mol. The molecule has 74 valence electrons. The largest absolute Gasteiger partial charge is 0.394 e. The third-order valence-electron chi connectivity index (χ3n) is 1.87. The Morgan fingerprint density at radius 1 is 0.923 bits per heavy atom. The van der Waals surface area contributed by atoms with Gasteiger partial charge in [0.1, 0.15) is 24.4 Å². The summed E-state index contributed by atoms with van der Waals surface area (Å²) in [5.41, 5.74) is 0. The van der Waals surface area contributed by atoms with Gasteiger partial charge in [0.2, 0.25) is 0 Å². The van der Waals surface area contributed by atoms with Crippen molar-refractivity contribution in [3.63, 3.8) is 0 Å². The molecule has 0 saturated carbocycles. The normalized spacial score (nSPS) is 45.5. The Morgan fingerprint density at radius 3 is 1.92 bits per heavy atom. The van der Waals surface area contributed by atoms with Gasteiger partial charge in [0.05, 0.1) is 6.61 Å². The van der Waals surface area contributed by atoms with E-state index in [0.29, 0.717) is 0 Å². The van der Waals surface area contributed by atoms with Gasteiger partial charge < -0.3 is 30.3 Å². The number of aliphatic hydroxyl groups excluding tert-OH is 5. The fourth-order valence-corrected chi connectivity index (χ4v) is 1.08. The summed E-state index contributed by atoms with van der Waals surface area (Å²) < 4.78 is 4.58. The van der Waals surface area contributed by atoms with Crippen LogP contribution in [0.2, 0.25) is 0 Å². The van der Waals surface area contributed by atoms with Crippen molar-refractivity contribution in [2.24, 2.45) is 0 Å². The fourth-order valence-electron chi connectivity index (χ4n) is 1.08. The van der Waals surface area contributed by atoms with Gasteiger partial charge in [-0.1, -0.05) is 0 Å². The average Bonchev–Trinajstić information content (AvgIpc) is 2.08. The summed E-state index contributed by atoms with van der Waals surface area (Å²) in [6.07, 6.45) is -7.04. The first-order valence-electron chi connectivity index (χ1n) is 3.56. The van der Waals surface area contributed by atoms with Gasteiger partial charge in [-0.2, -0.15) is 0 Å². The van der Waals surface area contributed by atoms with Crippen LogP contribution in [0.15, 0.2) is 0 Å². The van der Waals surface area contributed by atoms with Gasteiger partial charge in [0.15, 0.2) is 6.29 Å². The number of ether oxygens (including phenoxy) is 1. The second-order valence-electron chi connectivity index (χ2n) is 2.72. The van der Waals surface area contributed by atoms with Crippen molar-refractivity contribution < 1.29 is 30.3 Å². The maximum atomic E-state index is 9.12. The Kier molecular flexibility index (Phi) is 6.25. The van der Waals surface area contributed by atoms with E-state index in [9.17, 15) is 0 Å². The van der Waals surface area contributed by atoms with Crippen LogP contribution in [0.1, 0.15) is 0 Å². The van der Waals surface area contributed by atoms with E-state index in [1.165, 1.54) is 0 Å². The first-order chi connectivity index (χ1) is 5.57. The second kappa shape index (κ2) is 5.79. The van der Waals surface area contributed by atoms with Crippen LogP contribution in [0.25, 0.3) is 0 Å². The Balaban J connectivity index is 0.00000144. The minimum atomic E-state index is -1.57. The van der Waals surface area contributed by atoms with E-state index in [0.717, 1.165) is 0 Å². The van der Waals surface area contributed by atoms with Crippen molar-refractivity contribution in [2.75, 3.05) is 6.61 Å². The molecule has 0 amide bonds. The van der Waals surface area contributed by atoms with E-state index in [4.69, 9.17) is 25.5 Å². The summed E-state index contributed by atoms with van der Waals surface area (Å²) in [6, 6.07) is 0. The predicted molar refractivity (Wildman–Crippen MR) is 41.7 cm³/mol. The van der Waals surface area contributed by atoms with Crippen LogP contribution < -0.4 is 0 Å². The summed E-state index contributed by atoms with van der Waals surface area (Å²) in [5.74, 6) is 0. The van der Waals surface area contributed by atoms with Crippen molar-refractivity contribution in [2.45, 2.75) is 30.7 Å². The molecule has 0 aromatic rings. The molecule has 0 aliphatic carbocycles. The van der Waals surface area contributed by atoms with E-state index in [2.05, 4.69) is 4.74 Å². The SMILES string of the molecule is OC[C@H]1O[C@@H](O)[C@H](O)[C@@H](O)[C@@H]1O.[Ca]. The monoisotopic (exact) mass is 220 g/mol. The first kappa shape index (κ1) is 14.0. The van der Waals surface area contributed by atoms with Crippen molar-refractivity contribution in [1.82, 2.24) is 0 Å². The van der Waals surface area contributed by atoms with Crippen LogP contribution in [0, 0.1) is 0 Å². The molecule has 0 unspecified atom stereocenters. The van der Waals surface area contributed by atoms with Gasteiger partial charge in [0, 0.05) is 37.7 Å². The molecule has 5 N–H and O–H groups in total. The molecule has 0 spiro atoms. The quantitative estimate of drug-likeness (QED) is 0.292. The van der Waals surface area contributed by atoms with E-state index in [1.807, 2.05) is 0 Å². The topological polar surface area (TPSA) is 110 Å². The van der Waals surface area contributed by atoms with Crippen LogP contribution in [-0.2, 0) is 4.74 Å². The molecule has 2 radical (unpaired) electrons. The van der Waals surface area contributed by atoms with Gasteiger partial charge in [-0.05, 0) is 0 Å². The van der Waals surface area contributed by atoms with Gasteiger partial charge in [-0.15, -0.1) is 0 Å². The van der Waals surface area contributed by atoms with Crippen molar-refractivity contribution in [1.29, 1.82) is 0 Å². The molecule has 0 bridgehead atoms. The number of hydrogen-bond acceptors (Lipinski definition) is 6. The van der Waals surface area contributed by atoms with Crippen LogP contribution >= 0.6 is 0 Å². The zero-order chi connectivity index (χ0) is 9.30. The van der Waals surface area contributed by atoms with E-state index in [1.54, 1.807) is 0 Å². The molecule has 0 aromatic heterocycles. The van der Waals surface area contributed by atoms with Crippen LogP contribution in [0.3, 0.4) is 0 Å². The number of aliphatic hydroxyl groups is 5. The summed E-state index contributed by atoms with van der Waals surface area (Å²) in [5, 5.41) is 44.7. The van der Waals surface area contributed by atoms with Crippen LogP contribution in [0.5, 0.6) is 0 Å². The molecule has 6 nitrogen and oxygen atoms in total. The van der Waals surface area contributed by atoms with Crippen molar-refractivity contribution in [3.05, 3.63) is 0 Å². The molecule has 13 heavy (non-hydrogen) atoms. The third-order valence-corrected chi connectivity index (χ3v) is 1.87. The molecule has 5 atom stereocenters. The zero-order valence-electron chi connectivity index (χ0n) is 6.95. The Labute approximate surface area is 105 Å². The average molecular weight is 220 g/mol. The molecule has 1 saturated heterocycles. The molecule has 0 aromatic carbocycles. The van der Waals surface area contributed by atoms with Crippen molar-refractivity contribution in [3.8, 4) is 0 Å². The first-order valence-corrected chi connectivity index (χ1v) is 3.56. The minimum Gasteiger partial charge on any atom is -0.394 e. The smallest absolute Gasteiger partial charge is 0.184 e. The molecule has 7 heteroatoms. The van der Waals surface area contributed by atoms with E-state index in [-0.39, 0.29) is 37.7 Å². The van der Waals surface area contributed by atoms with E-state index < -0.39 is 37.3 Å². The third kappa shape index (κ3) is 2.98. The van der Waals surface area contributed by atoms with Crippen LogP contribution in [0.4, 0.5) is 0 Å². The maximum Gasteiger partial charge on any atom is 0.184 e. The molecule has 1 heterocycles. The zero-order valence-corrected chi connectivity index (χ0v) is 9.15. The Hall–Kier alpha value is 1.02. The maximum absolute atomic E-state index is 9.12. The Morgan fingerprint density at radius 2 is 1.46 bits per heavy atom. The standard InChI is InChI=1S/C6H12O6.Ca/c7-1-2-3(8)4(9)5(10)6(11)12-2;/h2-11H,1H2;/t2-,3-,4+,5-,6-;/m1./s1. The van der Waals surface area contributed by atoms with Crippen molar-refractivity contribution >= 4 is 37.7 Å². The molecule has 1 aliphatic heterocycles. The molecular formula is C6H12CaO6.